The van der Waals surface area contributed by atoms with Gasteiger partial charge in [-0.2, -0.15) is 0 Å². The van der Waals surface area contributed by atoms with Gasteiger partial charge in [0.05, 0.1) is 12.7 Å². The van der Waals surface area contributed by atoms with E-state index in [2.05, 4.69) is 0 Å². The molecule has 0 saturated carbocycles. The van der Waals surface area contributed by atoms with Gasteiger partial charge in [0.2, 0.25) is 0 Å². The lowest BCUT2D eigenvalue weighted by atomic mass is 10.0. The highest BCUT2D eigenvalue weighted by atomic mass is 16.6. The summed E-state index contributed by atoms with van der Waals surface area (Å²) in [5.74, 6) is -0.0894. The average Bonchev–Trinajstić information content (AvgIpc) is 2.18. The first-order chi connectivity index (χ1) is 6.93. The van der Waals surface area contributed by atoms with Crippen LogP contribution in [0.4, 0.5) is 0 Å². The second-order valence-corrected chi connectivity index (χ2v) is 3.92. The van der Waals surface area contributed by atoms with Crippen molar-refractivity contribution < 1.29 is 24.8 Å². The standard InChI is InChI=1S/C10H18O5/c1-5(2)14-4-7-9(12)10(13)8(11)6(3)15-7/h5,7,9-13H,4H2,1-3H3. The van der Waals surface area contributed by atoms with E-state index in [-0.39, 0.29) is 24.2 Å². The minimum atomic E-state index is -1.29. The molecule has 15 heavy (non-hydrogen) atoms. The molecule has 5 heteroatoms. The predicted octanol–water partition coefficient (Wildman–Crippen LogP) is 0.321. The Morgan fingerprint density at radius 3 is 2.53 bits per heavy atom. The smallest absolute Gasteiger partial charge is 0.161 e. The highest BCUT2D eigenvalue weighted by molar-refractivity contribution is 5.10. The molecule has 88 valence electrons. The molecule has 0 bridgehead atoms. The third-order valence-corrected chi connectivity index (χ3v) is 2.27. The summed E-state index contributed by atoms with van der Waals surface area (Å²) in [4.78, 5) is 0. The molecule has 0 fully saturated rings. The molecule has 0 aromatic rings. The van der Waals surface area contributed by atoms with Crippen LogP contribution in [-0.2, 0) is 9.47 Å². The van der Waals surface area contributed by atoms with Crippen molar-refractivity contribution >= 4 is 0 Å². The molecule has 1 aliphatic rings. The van der Waals surface area contributed by atoms with Gasteiger partial charge in [0.1, 0.15) is 18.0 Å². The van der Waals surface area contributed by atoms with Gasteiger partial charge in [0, 0.05) is 0 Å². The first kappa shape index (κ1) is 12.3. The zero-order valence-corrected chi connectivity index (χ0v) is 9.17. The summed E-state index contributed by atoms with van der Waals surface area (Å²) in [5, 5.41) is 28.4. The van der Waals surface area contributed by atoms with Gasteiger partial charge in [0.25, 0.3) is 0 Å². The number of hydrogen-bond donors (Lipinski definition) is 3. The lowest BCUT2D eigenvalue weighted by Gasteiger charge is -2.32. The number of rotatable bonds is 3. The van der Waals surface area contributed by atoms with E-state index in [1.807, 2.05) is 13.8 Å². The van der Waals surface area contributed by atoms with E-state index in [0.29, 0.717) is 0 Å². The molecule has 3 atom stereocenters. The zero-order valence-electron chi connectivity index (χ0n) is 9.17. The van der Waals surface area contributed by atoms with E-state index >= 15 is 0 Å². The Labute approximate surface area is 88.9 Å². The van der Waals surface area contributed by atoms with E-state index in [4.69, 9.17) is 9.47 Å². The maximum absolute atomic E-state index is 9.59. The fraction of sp³-hybridized carbons (Fsp3) is 0.800. The number of allylic oxidation sites excluding steroid dienone is 1. The fourth-order valence-electron chi connectivity index (χ4n) is 1.35. The Kier molecular flexibility index (Phi) is 3.96. The van der Waals surface area contributed by atoms with Crippen LogP contribution in [0, 0.1) is 0 Å². The molecule has 0 aromatic carbocycles. The van der Waals surface area contributed by atoms with Crippen molar-refractivity contribution in [1.29, 1.82) is 0 Å². The third kappa shape index (κ3) is 2.84. The highest BCUT2D eigenvalue weighted by Crippen LogP contribution is 2.23. The number of aliphatic hydroxyl groups excluding tert-OH is 3. The van der Waals surface area contributed by atoms with E-state index in [0.717, 1.165) is 0 Å². The Bertz CT molecular complexity index is 248. The van der Waals surface area contributed by atoms with Gasteiger partial charge in [-0.05, 0) is 20.8 Å². The van der Waals surface area contributed by atoms with Crippen molar-refractivity contribution in [2.75, 3.05) is 6.61 Å². The second-order valence-electron chi connectivity index (χ2n) is 3.92. The Morgan fingerprint density at radius 1 is 1.40 bits per heavy atom. The minimum Gasteiger partial charge on any atom is -0.506 e. The van der Waals surface area contributed by atoms with Gasteiger partial charge in [0.15, 0.2) is 11.9 Å². The number of hydrogen-bond acceptors (Lipinski definition) is 5. The summed E-state index contributed by atoms with van der Waals surface area (Å²) in [5.41, 5.74) is 0. The quantitative estimate of drug-likeness (QED) is 0.636. The first-order valence-corrected chi connectivity index (χ1v) is 4.97. The summed E-state index contributed by atoms with van der Waals surface area (Å²) in [6.07, 6.45) is -3.07. The van der Waals surface area contributed by atoms with E-state index in [9.17, 15) is 15.3 Å². The van der Waals surface area contributed by atoms with E-state index in [1.165, 1.54) is 6.92 Å². The SMILES string of the molecule is CC1=C(O)C(O)C(O)C(COC(C)C)O1. The van der Waals surface area contributed by atoms with Crippen LogP contribution in [0.3, 0.4) is 0 Å². The van der Waals surface area contributed by atoms with E-state index < -0.39 is 18.3 Å². The van der Waals surface area contributed by atoms with Crippen LogP contribution in [0.15, 0.2) is 11.5 Å². The summed E-state index contributed by atoms with van der Waals surface area (Å²) in [6.45, 7) is 5.45. The molecule has 0 saturated heterocycles. The second kappa shape index (κ2) is 4.83. The largest absolute Gasteiger partial charge is 0.506 e. The van der Waals surface area contributed by atoms with Gasteiger partial charge >= 0.3 is 0 Å². The number of ether oxygens (including phenoxy) is 2. The van der Waals surface area contributed by atoms with Crippen molar-refractivity contribution in [1.82, 2.24) is 0 Å². The van der Waals surface area contributed by atoms with Crippen molar-refractivity contribution in [3.05, 3.63) is 11.5 Å². The lowest BCUT2D eigenvalue weighted by Crippen LogP contribution is -2.46. The molecule has 1 rings (SSSR count). The van der Waals surface area contributed by atoms with Crippen LogP contribution in [0.1, 0.15) is 20.8 Å². The van der Waals surface area contributed by atoms with Crippen LogP contribution in [-0.4, -0.2) is 46.3 Å². The van der Waals surface area contributed by atoms with Gasteiger partial charge in [-0.25, -0.2) is 0 Å². The molecule has 0 aliphatic carbocycles. The molecule has 3 N–H and O–H groups in total. The molecule has 0 radical (unpaired) electrons. The van der Waals surface area contributed by atoms with Crippen molar-refractivity contribution in [2.45, 2.75) is 45.2 Å². The molecule has 0 aromatic heterocycles. The minimum absolute atomic E-state index is 0.0257. The summed E-state index contributed by atoms with van der Waals surface area (Å²) in [6, 6.07) is 0. The normalized spacial score (nSPS) is 32.0. The molecular weight excluding hydrogens is 200 g/mol. The maximum atomic E-state index is 9.59. The van der Waals surface area contributed by atoms with Crippen LogP contribution in [0.5, 0.6) is 0 Å². The highest BCUT2D eigenvalue weighted by Gasteiger charge is 2.36. The molecule has 3 unspecified atom stereocenters. The molecule has 1 heterocycles. The van der Waals surface area contributed by atoms with Crippen LogP contribution in [0.25, 0.3) is 0 Å². The third-order valence-electron chi connectivity index (χ3n) is 2.27. The molecule has 5 nitrogen and oxygen atoms in total. The predicted molar refractivity (Wildman–Crippen MR) is 53.3 cm³/mol. The van der Waals surface area contributed by atoms with Crippen molar-refractivity contribution in [3.63, 3.8) is 0 Å². The number of aliphatic hydroxyl groups is 3. The van der Waals surface area contributed by atoms with Gasteiger partial charge in [-0.3, -0.25) is 0 Å². The molecule has 1 aliphatic heterocycles. The first-order valence-electron chi connectivity index (χ1n) is 4.97. The van der Waals surface area contributed by atoms with Gasteiger partial charge in [-0.1, -0.05) is 0 Å². The summed E-state index contributed by atoms with van der Waals surface area (Å²) < 4.78 is 10.5. The molecule has 0 spiro atoms. The summed E-state index contributed by atoms with van der Waals surface area (Å²) >= 11 is 0. The molecular formula is C10H18O5. The van der Waals surface area contributed by atoms with Crippen LogP contribution >= 0.6 is 0 Å². The van der Waals surface area contributed by atoms with Crippen LogP contribution in [0.2, 0.25) is 0 Å². The topological polar surface area (TPSA) is 79.2 Å². The Balaban J connectivity index is 2.62. The Hall–Kier alpha value is -0.780. The maximum Gasteiger partial charge on any atom is 0.161 e. The monoisotopic (exact) mass is 218 g/mol. The average molecular weight is 218 g/mol. The van der Waals surface area contributed by atoms with Crippen LogP contribution < -0.4 is 0 Å². The zero-order chi connectivity index (χ0) is 11.6. The van der Waals surface area contributed by atoms with E-state index in [1.54, 1.807) is 0 Å². The molecule has 0 amide bonds. The van der Waals surface area contributed by atoms with Gasteiger partial charge < -0.3 is 24.8 Å². The van der Waals surface area contributed by atoms with Gasteiger partial charge in [-0.15, -0.1) is 0 Å². The lowest BCUT2D eigenvalue weighted by molar-refractivity contribution is -0.126. The van der Waals surface area contributed by atoms with Crippen molar-refractivity contribution in [3.8, 4) is 0 Å². The fourth-order valence-corrected chi connectivity index (χ4v) is 1.35. The van der Waals surface area contributed by atoms with Crippen molar-refractivity contribution in [2.24, 2.45) is 0 Å². The Morgan fingerprint density at radius 2 is 2.00 bits per heavy atom. The summed E-state index contributed by atoms with van der Waals surface area (Å²) in [7, 11) is 0.